The average molecular weight is 461 g/mol. The van der Waals surface area contributed by atoms with E-state index in [1.807, 2.05) is 53.4 Å². The molecular formula is C27H29FN4O2. The lowest BCUT2D eigenvalue weighted by Crippen LogP contribution is -2.49. The monoisotopic (exact) mass is 460 g/mol. The van der Waals surface area contributed by atoms with Gasteiger partial charge < -0.3 is 20.4 Å². The van der Waals surface area contributed by atoms with E-state index in [0.717, 1.165) is 36.4 Å². The lowest BCUT2D eigenvalue weighted by atomic mass is 10.1. The minimum absolute atomic E-state index is 0.0568. The van der Waals surface area contributed by atoms with Crippen LogP contribution in [-0.2, 0) is 17.6 Å². The van der Waals surface area contributed by atoms with Crippen LogP contribution in [0.1, 0.15) is 18.1 Å². The molecule has 2 N–H and O–H groups in total. The van der Waals surface area contributed by atoms with E-state index in [9.17, 15) is 14.0 Å². The molecule has 1 aliphatic heterocycles. The molecule has 1 fully saturated rings. The number of benzene rings is 3. The standard InChI is InChI=1S/C27H29FN4O2/c1-2-20-4-3-5-24(18-20)30-27(34)29-23-10-12-25(13-11-23)31-14-16-32(17-15-31)26(33)19-21-6-8-22(28)9-7-21/h3-13,18H,2,14-17,19H2,1H3,(H2,29,30,34). The van der Waals surface area contributed by atoms with Gasteiger partial charge in [-0.05, 0) is 66.1 Å². The molecule has 7 heteroatoms. The van der Waals surface area contributed by atoms with Crippen molar-refractivity contribution in [3.05, 3.63) is 89.7 Å². The van der Waals surface area contributed by atoms with Gasteiger partial charge >= 0.3 is 6.03 Å². The zero-order valence-electron chi connectivity index (χ0n) is 19.3. The summed E-state index contributed by atoms with van der Waals surface area (Å²) in [7, 11) is 0. The molecule has 3 aromatic rings. The predicted molar refractivity (Wildman–Crippen MR) is 134 cm³/mol. The van der Waals surface area contributed by atoms with Gasteiger partial charge in [0.05, 0.1) is 6.42 Å². The number of carbonyl (C=O) groups is 2. The molecule has 1 aliphatic rings. The lowest BCUT2D eigenvalue weighted by molar-refractivity contribution is -0.130. The van der Waals surface area contributed by atoms with Gasteiger partial charge in [0.2, 0.25) is 5.91 Å². The van der Waals surface area contributed by atoms with Crippen LogP contribution in [0.5, 0.6) is 0 Å². The van der Waals surface area contributed by atoms with E-state index in [1.54, 1.807) is 12.1 Å². The highest BCUT2D eigenvalue weighted by Gasteiger charge is 2.21. The number of piperazine rings is 1. The zero-order chi connectivity index (χ0) is 23.9. The summed E-state index contributed by atoms with van der Waals surface area (Å²) in [5, 5.41) is 5.72. The number of amides is 3. The second-order valence-corrected chi connectivity index (χ2v) is 8.35. The van der Waals surface area contributed by atoms with Crippen molar-refractivity contribution in [3.8, 4) is 0 Å². The third-order valence-corrected chi connectivity index (χ3v) is 5.98. The van der Waals surface area contributed by atoms with Crippen LogP contribution in [0.15, 0.2) is 72.8 Å². The number of rotatable bonds is 6. The van der Waals surface area contributed by atoms with E-state index < -0.39 is 0 Å². The van der Waals surface area contributed by atoms with Crippen LogP contribution >= 0.6 is 0 Å². The largest absolute Gasteiger partial charge is 0.368 e. The molecule has 0 radical (unpaired) electrons. The maximum absolute atomic E-state index is 13.1. The third kappa shape index (κ3) is 6.13. The van der Waals surface area contributed by atoms with Gasteiger partial charge in [-0.2, -0.15) is 0 Å². The van der Waals surface area contributed by atoms with Gasteiger partial charge in [-0.25, -0.2) is 9.18 Å². The van der Waals surface area contributed by atoms with Crippen molar-refractivity contribution in [2.75, 3.05) is 41.7 Å². The Morgan fingerprint density at radius 2 is 1.50 bits per heavy atom. The second kappa shape index (κ2) is 10.8. The van der Waals surface area contributed by atoms with Gasteiger partial charge in [-0.1, -0.05) is 31.2 Å². The van der Waals surface area contributed by atoms with E-state index >= 15 is 0 Å². The number of nitrogens with zero attached hydrogens (tertiary/aromatic N) is 2. The zero-order valence-corrected chi connectivity index (χ0v) is 19.3. The van der Waals surface area contributed by atoms with Crippen molar-refractivity contribution in [1.82, 2.24) is 4.90 Å². The fourth-order valence-corrected chi connectivity index (χ4v) is 4.02. The Morgan fingerprint density at radius 1 is 0.824 bits per heavy atom. The van der Waals surface area contributed by atoms with E-state index in [2.05, 4.69) is 22.5 Å². The molecule has 3 aromatic carbocycles. The highest BCUT2D eigenvalue weighted by Crippen LogP contribution is 2.20. The number of hydrogen-bond donors (Lipinski definition) is 2. The van der Waals surface area contributed by atoms with Gasteiger partial charge in [0.15, 0.2) is 0 Å². The van der Waals surface area contributed by atoms with Gasteiger partial charge in [-0.3, -0.25) is 4.79 Å². The van der Waals surface area contributed by atoms with Gasteiger partial charge in [0.25, 0.3) is 0 Å². The first-order chi connectivity index (χ1) is 16.5. The molecule has 4 rings (SSSR count). The van der Waals surface area contributed by atoms with Gasteiger partial charge in [-0.15, -0.1) is 0 Å². The first-order valence-electron chi connectivity index (χ1n) is 11.5. The number of hydrogen-bond acceptors (Lipinski definition) is 3. The SMILES string of the molecule is CCc1cccc(NC(=O)Nc2ccc(N3CCN(C(=O)Cc4ccc(F)cc4)CC3)cc2)c1. The van der Waals surface area contributed by atoms with E-state index in [4.69, 9.17) is 0 Å². The average Bonchev–Trinajstić information content (AvgIpc) is 2.86. The number of aryl methyl sites for hydroxylation is 1. The van der Waals surface area contributed by atoms with Crippen LogP contribution in [0.3, 0.4) is 0 Å². The number of urea groups is 1. The molecule has 1 heterocycles. The van der Waals surface area contributed by atoms with Crippen LogP contribution in [-0.4, -0.2) is 43.0 Å². The lowest BCUT2D eigenvalue weighted by Gasteiger charge is -2.36. The summed E-state index contributed by atoms with van der Waals surface area (Å²) >= 11 is 0. The minimum atomic E-state index is -0.298. The van der Waals surface area contributed by atoms with Crippen molar-refractivity contribution in [2.24, 2.45) is 0 Å². The fourth-order valence-electron chi connectivity index (χ4n) is 4.02. The smallest absolute Gasteiger partial charge is 0.323 e. The van der Waals surface area contributed by atoms with Crippen LogP contribution in [0.25, 0.3) is 0 Å². The van der Waals surface area contributed by atoms with Crippen molar-refractivity contribution in [3.63, 3.8) is 0 Å². The van der Waals surface area contributed by atoms with Crippen molar-refractivity contribution < 1.29 is 14.0 Å². The summed E-state index contributed by atoms with van der Waals surface area (Å²) in [6, 6.07) is 21.3. The minimum Gasteiger partial charge on any atom is -0.368 e. The van der Waals surface area contributed by atoms with Gasteiger partial charge in [0, 0.05) is 43.2 Å². The van der Waals surface area contributed by atoms with Crippen molar-refractivity contribution >= 4 is 29.0 Å². The molecule has 1 saturated heterocycles. The van der Waals surface area contributed by atoms with E-state index in [-0.39, 0.29) is 24.2 Å². The van der Waals surface area contributed by atoms with Crippen LogP contribution in [0.2, 0.25) is 0 Å². The number of halogens is 1. The molecule has 176 valence electrons. The van der Waals surface area contributed by atoms with Gasteiger partial charge in [0.1, 0.15) is 5.82 Å². The molecule has 0 unspecified atom stereocenters. The number of nitrogens with one attached hydrogen (secondary N) is 2. The molecular weight excluding hydrogens is 431 g/mol. The summed E-state index contributed by atoms with van der Waals surface area (Å²) in [6.45, 7) is 4.82. The Kier molecular flexibility index (Phi) is 7.42. The predicted octanol–water partition coefficient (Wildman–Crippen LogP) is 4.92. The van der Waals surface area contributed by atoms with Crippen molar-refractivity contribution in [1.29, 1.82) is 0 Å². The van der Waals surface area contributed by atoms with Crippen LogP contribution < -0.4 is 15.5 Å². The third-order valence-electron chi connectivity index (χ3n) is 5.98. The van der Waals surface area contributed by atoms with Crippen LogP contribution in [0, 0.1) is 5.82 Å². The molecule has 0 saturated carbocycles. The maximum Gasteiger partial charge on any atom is 0.323 e. The normalized spacial score (nSPS) is 13.5. The first kappa shape index (κ1) is 23.3. The molecule has 3 amide bonds. The highest BCUT2D eigenvalue weighted by molar-refractivity contribution is 5.99. The number of anilines is 3. The second-order valence-electron chi connectivity index (χ2n) is 8.35. The molecule has 0 spiro atoms. The Balaban J connectivity index is 1.26. The molecule has 0 bridgehead atoms. The Labute approximate surface area is 199 Å². The molecule has 0 aliphatic carbocycles. The summed E-state index contributed by atoms with van der Waals surface area (Å²) in [5.41, 5.74) is 4.51. The Hall–Kier alpha value is -3.87. The summed E-state index contributed by atoms with van der Waals surface area (Å²) in [5.74, 6) is -0.241. The Bertz CT molecular complexity index is 1120. The number of carbonyl (C=O) groups excluding carboxylic acids is 2. The fraction of sp³-hybridized carbons (Fsp3) is 0.259. The first-order valence-corrected chi connectivity index (χ1v) is 11.5. The maximum atomic E-state index is 13.1. The quantitative estimate of drug-likeness (QED) is 0.549. The molecule has 0 aromatic heterocycles. The summed E-state index contributed by atoms with van der Waals surface area (Å²) in [6.07, 6.45) is 1.20. The van der Waals surface area contributed by atoms with Crippen molar-refractivity contribution in [2.45, 2.75) is 19.8 Å². The van der Waals surface area contributed by atoms with E-state index in [1.165, 1.54) is 17.7 Å². The molecule has 6 nitrogen and oxygen atoms in total. The Morgan fingerprint density at radius 3 is 2.18 bits per heavy atom. The summed E-state index contributed by atoms with van der Waals surface area (Å²) in [4.78, 5) is 29.0. The highest BCUT2D eigenvalue weighted by atomic mass is 19.1. The molecule has 34 heavy (non-hydrogen) atoms. The van der Waals surface area contributed by atoms with Crippen LogP contribution in [0.4, 0.5) is 26.2 Å². The topological polar surface area (TPSA) is 64.7 Å². The molecule has 0 atom stereocenters. The van der Waals surface area contributed by atoms with E-state index in [0.29, 0.717) is 18.8 Å². The summed E-state index contributed by atoms with van der Waals surface area (Å²) < 4.78 is 13.1.